The van der Waals surface area contributed by atoms with Gasteiger partial charge in [-0.2, -0.15) is 0 Å². The number of aromatic nitrogens is 2. The molecule has 0 spiro atoms. The Hall–Kier alpha value is -1.39. The minimum atomic E-state index is -0.388. The van der Waals surface area contributed by atoms with Gasteiger partial charge in [0.15, 0.2) is 0 Å². The van der Waals surface area contributed by atoms with E-state index in [1.807, 2.05) is 24.6 Å². The third kappa shape index (κ3) is 2.80. The van der Waals surface area contributed by atoms with Gasteiger partial charge >= 0.3 is 0 Å². The second kappa shape index (κ2) is 6.17. The second-order valence-electron chi connectivity index (χ2n) is 4.21. The van der Waals surface area contributed by atoms with Crippen molar-refractivity contribution in [2.45, 2.75) is 26.4 Å². The van der Waals surface area contributed by atoms with Crippen LogP contribution in [0, 0.1) is 5.82 Å². The van der Waals surface area contributed by atoms with Crippen molar-refractivity contribution in [2.24, 2.45) is 0 Å². The van der Waals surface area contributed by atoms with E-state index in [1.54, 1.807) is 24.4 Å². The molecule has 5 heteroatoms. The van der Waals surface area contributed by atoms with Gasteiger partial charge in [0.05, 0.1) is 11.1 Å². The van der Waals surface area contributed by atoms with Crippen LogP contribution in [0.2, 0.25) is 5.02 Å². The van der Waals surface area contributed by atoms with Crippen molar-refractivity contribution in [3.63, 3.8) is 0 Å². The van der Waals surface area contributed by atoms with E-state index in [2.05, 4.69) is 10.3 Å². The number of hydrogen-bond donors (Lipinski definition) is 1. The van der Waals surface area contributed by atoms with Crippen LogP contribution in [0.1, 0.15) is 31.3 Å². The van der Waals surface area contributed by atoms with E-state index in [1.165, 1.54) is 0 Å². The molecule has 0 fully saturated rings. The third-order valence-corrected chi connectivity index (χ3v) is 3.34. The second-order valence-corrected chi connectivity index (χ2v) is 4.61. The van der Waals surface area contributed by atoms with Crippen molar-refractivity contribution in [1.29, 1.82) is 0 Å². The molecule has 0 amide bonds. The Kier molecular flexibility index (Phi) is 4.56. The maximum absolute atomic E-state index is 14.2. The summed E-state index contributed by atoms with van der Waals surface area (Å²) in [7, 11) is 0. The summed E-state index contributed by atoms with van der Waals surface area (Å²) < 4.78 is 16.2. The van der Waals surface area contributed by atoms with Crippen molar-refractivity contribution >= 4 is 11.6 Å². The molecular weight excluding hydrogens is 265 g/mol. The van der Waals surface area contributed by atoms with Crippen LogP contribution in [0.4, 0.5) is 4.39 Å². The van der Waals surface area contributed by atoms with Crippen LogP contribution in [0.5, 0.6) is 0 Å². The predicted molar refractivity (Wildman–Crippen MR) is 74.8 cm³/mol. The summed E-state index contributed by atoms with van der Waals surface area (Å²) in [5, 5.41) is 3.40. The lowest BCUT2D eigenvalue weighted by Gasteiger charge is -2.20. The summed E-state index contributed by atoms with van der Waals surface area (Å²) in [6, 6.07) is 4.75. The average molecular weight is 282 g/mol. The number of imidazole rings is 1. The Morgan fingerprint density at radius 2 is 2.21 bits per heavy atom. The van der Waals surface area contributed by atoms with Crippen molar-refractivity contribution in [3.05, 3.63) is 52.8 Å². The summed E-state index contributed by atoms with van der Waals surface area (Å²) in [6.45, 7) is 5.52. The first kappa shape index (κ1) is 14.0. The van der Waals surface area contributed by atoms with Gasteiger partial charge in [0.2, 0.25) is 0 Å². The standard InChI is InChI=1S/C14H17ClFN3/c1-3-17-13(14-18-8-9-19(14)4-2)10-6-5-7-11(15)12(10)16/h5-9,13,17H,3-4H2,1-2H3. The van der Waals surface area contributed by atoms with Crippen LogP contribution >= 0.6 is 11.6 Å². The van der Waals surface area contributed by atoms with Gasteiger partial charge in [-0.3, -0.25) is 0 Å². The smallest absolute Gasteiger partial charge is 0.147 e. The zero-order chi connectivity index (χ0) is 13.8. The number of benzene rings is 1. The summed E-state index contributed by atoms with van der Waals surface area (Å²) in [5.74, 6) is 0.409. The summed E-state index contributed by atoms with van der Waals surface area (Å²) >= 11 is 5.86. The summed E-state index contributed by atoms with van der Waals surface area (Å²) in [4.78, 5) is 4.34. The van der Waals surface area contributed by atoms with Gasteiger partial charge in [0.1, 0.15) is 11.6 Å². The highest BCUT2D eigenvalue weighted by Gasteiger charge is 2.22. The normalized spacial score (nSPS) is 12.6. The largest absolute Gasteiger partial charge is 0.334 e. The molecule has 0 saturated carbocycles. The number of hydrogen-bond acceptors (Lipinski definition) is 2. The predicted octanol–water partition coefficient (Wildman–Crippen LogP) is 3.39. The first-order valence-corrected chi connectivity index (χ1v) is 6.75. The SMILES string of the molecule is CCNC(c1cccc(Cl)c1F)c1nccn1CC. The van der Waals surface area contributed by atoms with Crippen molar-refractivity contribution in [1.82, 2.24) is 14.9 Å². The first-order valence-electron chi connectivity index (χ1n) is 6.37. The van der Waals surface area contributed by atoms with Gasteiger partial charge in [0.25, 0.3) is 0 Å². The molecule has 1 aromatic heterocycles. The Labute approximate surface area is 117 Å². The van der Waals surface area contributed by atoms with E-state index in [4.69, 9.17) is 11.6 Å². The lowest BCUT2D eigenvalue weighted by Crippen LogP contribution is -2.26. The molecule has 0 aliphatic carbocycles. The molecule has 0 aliphatic rings. The molecular formula is C14H17ClFN3. The molecule has 0 saturated heterocycles. The van der Waals surface area contributed by atoms with Crippen LogP contribution < -0.4 is 5.32 Å². The van der Waals surface area contributed by atoms with Crippen LogP contribution in [0.15, 0.2) is 30.6 Å². The van der Waals surface area contributed by atoms with Crippen LogP contribution in [0.3, 0.4) is 0 Å². The van der Waals surface area contributed by atoms with Crippen LogP contribution in [0.25, 0.3) is 0 Å². The zero-order valence-electron chi connectivity index (χ0n) is 11.0. The fourth-order valence-electron chi connectivity index (χ4n) is 2.14. The maximum atomic E-state index is 14.2. The molecule has 102 valence electrons. The number of nitrogens with zero attached hydrogens (tertiary/aromatic N) is 2. The summed E-state index contributed by atoms with van der Waals surface area (Å²) in [6.07, 6.45) is 3.62. The molecule has 0 aliphatic heterocycles. The van der Waals surface area contributed by atoms with Crippen LogP contribution in [-0.2, 0) is 6.54 Å². The third-order valence-electron chi connectivity index (χ3n) is 3.05. The fraction of sp³-hybridized carbons (Fsp3) is 0.357. The quantitative estimate of drug-likeness (QED) is 0.910. The fourth-order valence-corrected chi connectivity index (χ4v) is 2.32. The van der Waals surface area contributed by atoms with Crippen LogP contribution in [-0.4, -0.2) is 16.1 Å². The number of rotatable bonds is 5. The molecule has 2 rings (SSSR count). The molecule has 0 radical (unpaired) electrons. The Morgan fingerprint density at radius 1 is 1.42 bits per heavy atom. The molecule has 2 aromatic rings. The average Bonchev–Trinajstić information content (AvgIpc) is 2.88. The molecule has 1 N–H and O–H groups in total. The number of nitrogens with one attached hydrogen (secondary N) is 1. The highest BCUT2D eigenvalue weighted by Crippen LogP contribution is 2.27. The minimum Gasteiger partial charge on any atom is -0.334 e. The molecule has 0 bridgehead atoms. The topological polar surface area (TPSA) is 29.9 Å². The van der Waals surface area contributed by atoms with E-state index in [-0.39, 0.29) is 16.9 Å². The van der Waals surface area contributed by atoms with Gasteiger partial charge < -0.3 is 9.88 Å². The highest BCUT2D eigenvalue weighted by molar-refractivity contribution is 6.30. The maximum Gasteiger partial charge on any atom is 0.147 e. The Morgan fingerprint density at radius 3 is 2.89 bits per heavy atom. The van der Waals surface area contributed by atoms with Gasteiger partial charge in [0, 0.05) is 24.5 Å². The molecule has 1 heterocycles. The van der Waals surface area contributed by atoms with Gasteiger partial charge in [-0.1, -0.05) is 30.7 Å². The van der Waals surface area contributed by atoms with Crippen molar-refractivity contribution in [3.8, 4) is 0 Å². The molecule has 1 aromatic carbocycles. The first-order chi connectivity index (χ1) is 9.19. The van der Waals surface area contributed by atoms with E-state index < -0.39 is 0 Å². The van der Waals surface area contributed by atoms with E-state index in [9.17, 15) is 4.39 Å². The van der Waals surface area contributed by atoms with E-state index in [0.717, 1.165) is 12.4 Å². The molecule has 19 heavy (non-hydrogen) atoms. The van der Waals surface area contributed by atoms with Gasteiger partial charge in [-0.15, -0.1) is 0 Å². The Bertz CT molecular complexity index is 553. The monoisotopic (exact) mass is 281 g/mol. The lowest BCUT2D eigenvalue weighted by molar-refractivity contribution is 0.523. The zero-order valence-corrected chi connectivity index (χ0v) is 11.8. The molecule has 1 atom stereocenters. The van der Waals surface area contributed by atoms with Gasteiger partial charge in [-0.25, -0.2) is 9.37 Å². The van der Waals surface area contributed by atoms with E-state index in [0.29, 0.717) is 12.1 Å². The number of halogens is 2. The van der Waals surface area contributed by atoms with Gasteiger partial charge in [-0.05, 0) is 19.5 Å². The Balaban J connectivity index is 2.48. The highest BCUT2D eigenvalue weighted by atomic mass is 35.5. The van der Waals surface area contributed by atoms with Crippen molar-refractivity contribution in [2.75, 3.05) is 6.54 Å². The molecule has 1 unspecified atom stereocenters. The van der Waals surface area contributed by atoms with Crippen molar-refractivity contribution < 1.29 is 4.39 Å². The lowest BCUT2D eigenvalue weighted by atomic mass is 10.1. The summed E-state index contributed by atoms with van der Waals surface area (Å²) in [5.41, 5.74) is 0.523. The molecule has 3 nitrogen and oxygen atoms in total. The minimum absolute atomic E-state index is 0.134. The number of aryl methyl sites for hydroxylation is 1. The van der Waals surface area contributed by atoms with E-state index >= 15 is 0 Å².